The third-order valence-corrected chi connectivity index (χ3v) is 6.48. The fraction of sp³-hybridized carbons (Fsp3) is 0.259. The molecule has 1 amide bonds. The van der Waals surface area contributed by atoms with E-state index in [0.29, 0.717) is 5.56 Å². The van der Waals surface area contributed by atoms with Crippen LogP contribution in [0.2, 0.25) is 0 Å². The van der Waals surface area contributed by atoms with Crippen LogP contribution < -0.4 is 15.1 Å². The van der Waals surface area contributed by atoms with Gasteiger partial charge in [-0.25, -0.2) is 5.43 Å². The molecule has 1 fully saturated rings. The maximum absolute atomic E-state index is 12.5. The summed E-state index contributed by atoms with van der Waals surface area (Å²) in [5.74, 6) is 0.701. The minimum atomic E-state index is -0.216. The van der Waals surface area contributed by atoms with Gasteiger partial charge in [0.05, 0.1) is 18.5 Å². The topological polar surface area (TPSA) is 57.2 Å². The van der Waals surface area contributed by atoms with Gasteiger partial charge in [-0.15, -0.1) is 0 Å². The number of methoxy groups -OCH3 is 1. The number of rotatable bonds is 7. The van der Waals surface area contributed by atoms with Crippen molar-refractivity contribution in [3.8, 4) is 5.75 Å². The average molecular weight is 521 g/mol. The van der Waals surface area contributed by atoms with Crippen LogP contribution in [0, 0.1) is 0 Å². The number of hydrogen-bond donors (Lipinski definition) is 1. The van der Waals surface area contributed by atoms with Crippen molar-refractivity contribution < 1.29 is 9.53 Å². The van der Waals surface area contributed by atoms with Crippen molar-refractivity contribution in [3.05, 3.63) is 94.0 Å². The molecule has 34 heavy (non-hydrogen) atoms. The lowest BCUT2D eigenvalue weighted by molar-refractivity contribution is 0.0955. The molecule has 1 heterocycles. The number of para-hydroxylation sites is 2. The van der Waals surface area contributed by atoms with Crippen LogP contribution in [0.5, 0.6) is 5.75 Å². The minimum absolute atomic E-state index is 0.216. The average Bonchev–Trinajstić information content (AvgIpc) is 2.88. The molecule has 1 saturated heterocycles. The Morgan fingerprint density at radius 2 is 1.71 bits per heavy atom. The quantitative estimate of drug-likeness (QED) is 0.354. The summed E-state index contributed by atoms with van der Waals surface area (Å²) in [5.41, 5.74) is 7.29. The zero-order valence-electron chi connectivity index (χ0n) is 19.5. The smallest absolute Gasteiger partial charge is 0.271 e. The summed E-state index contributed by atoms with van der Waals surface area (Å²) in [6.07, 6.45) is 0. The predicted octanol–water partition coefficient (Wildman–Crippen LogP) is 4.93. The van der Waals surface area contributed by atoms with Gasteiger partial charge in [0.1, 0.15) is 5.75 Å². The molecular formula is C27H29BrN4O2. The van der Waals surface area contributed by atoms with Gasteiger partial charge in [0.15, 0.2) is 0 Å². The normalized spacial score (nSPS) is 14.7. The summed E-state index contributed by atoms with van der Waals surface area (Å²) >= 11 is 3.46. The number of carbonyl (C=O) groups is 1. The van der Waals surface area contributed by atoms with Gasteiger partial charge >= 0.3 is 0 Å². The van der Waals surface area contributed by atoms with Gasteiger partial charge < -0.3 is 9.64 Å². The molecule has 0 saturated carbocycles. The van der Waals surface area contributed by atoms with Gasteiger partial charge in [0.2, 0.25) is 0 Å². The Bertz CT molecular complexity index is 1160. The maximum atomic E-state index is 12.5. The summed E-state index contributed by atoms with van der Waals surface area (Å²) in [4.78, 5) is 17.3. The largest absolute Gasteiger partial charge is 0.495 e. The molecule has 6 nitrogen and oxygen atoms in total. The predicted molar refractivity (Wildman–Crippen MR) is 141 cm³/mol. The molecule has 0 atom stereocenters. The molecule has 1 aliphatic heterocycles. The van der Waals surface area contributed by atoms with E-state index < -0.39 is 0 Å². The molecule has 4 rings (SSSR count). The van der Waals surface area contributed by atoms with Crippen LogP contribution in [0.25, 0.3) is 0 Å². The first-order valence-corrected chi connectivity index (χ1v) is 12.1. The number of carbonyl (C=O) groups excluding carboxylic acids is 1. The number of nitrogens with zero attached hydrogens (tertiary/aromatic N) is 3. The highest BCUT2D eigenvalue weighted by molar-refractivity contribution is 9.10. The lowest BCUT2D eigenvalue weighted by Gasteiger charge is -2.36. The zero-order chi connectivity index (χ0) is 23.9. The number of ether oxygens (including phenoxy) is 1. The van der Waals surface area contributed by atoms with Crippen LogP contribution in [0.1, 0.15) is 28.4 Å². The minimum Gasteiger partial charge on any atom is -0.495 e. The van der Waals surface area contributed by atoms with E-state index in [0.717, 1.165) is 59.9 Å². The Morgan fingerprint density at radius 3 is 2.41 bits per heavy atom. The van der Waals surface area contributed by atoms with Gasteiger partial charge in [-0.3, -0.25) is 9.69 Å². The molecular weight excluding hydrogens is 492 g/mol. The number of nitrogens with one attached hydrogen (secondary N) is 1. The van der Waals surface area contributed by atoms with Crippen LogP contribution in [0.3, 0.4) is 0 Å². The lowest BCUT2D eigenvalue weighted by atomic mass is 10.1. The maximum Gasteiger partial charge on any atom is 0.271 e. The molecule has 0 aromatic heterocycles. The molecule has 3 aromatic carbocycles. The number of halogens is 1. The standard InChI is InChI=1S/C27H29BrN4O2/c1-20(23-6-5-7-24(28)18-23)29-30-27(33)22-12-10-21(11-13-22)19-31-14-16-32(17-15-31)25-8-3-4-9-26(25)34-2/h3-13,18H,14-17,19H2,1-2H3,(H,30,33)/b29-20-. The van der Waals surface area contributed by atoms with Gasteiger partial charge in [0.25, 0.3) is 5.91 Å². The van der Waals surface area contributed by atoms with Crippen molar-refractivity contribution in [3.63, 3.8) is 0 Å². The zero-order valence-corrected chi connectivity index (χ0v) is 21.1. The second kappa shape index (κ2) is 11.3. The summed E-state index contributed by atoms with van der Waals surface area (Å²) in [5, 5.41) is 4.25. The van der Waals surface area contributed by atoms with Crippen molar-refractivity contribution >= 4 is 33.2 Å². The second-order valence-electron chi connectivity index (χ2n) is 8.28. The molecule has 3 aromatic rings. The Labute approximate surface area is 209 Å². The molecule has 0 spiro atoms. The van der Waals surface area contributed by atoms with E-state index in [-0.39, 0.29) is 5.91 Å². The van der Waals surface area contributed by atoms with E-state index in [1.165, 1.54) is 5.56 Å². The number of piperazine rings is 1. The molecule has 7 heteroatoms. The van der Waals surface area contributed by atoms with Gasteiger partial charge in [-0.1, -0.05) is 52.3 Å². The molecule has 0 bridgehead atoms. The third kappa shape index (κ3) is 6.04. The van der Waals surface area contributed by atoms with Crippen LogP contribution in [0.15, 0.2) is 82.4 Å². The molecule has 0 unspecified atom stereocenters. The number of hydrogen-bond acceptors (Lipinski definition) is 5. The summed E-state index contributed by atoms with van der Waals surface area (Å²) < 4.78 is 6.49. The van der Waals surface area contributed by atoms with E-state index in [1.54, 1.807) is 7.11 Å². The van der Waals surface area contributed by atoms with E-state index in [2.05, 4.69) is 48.4 Å². The molecule has 0 aliphatic carbocycles. The first-order valence-electron chi connectivity index (χ1n) is 11.3. The lowest BCUT2D eigenvalue weighted by Crippen LogP contribution is -2.46. The first kappa shape index (κ1) is 24.0. The van der Waals surface area contributed by atoms with Crippen molar-refractivity contribution in [2.24, 2.45) is 5.10 Å². The number of hydrazone groups is 1. The fourth-order valence-electron chi connectivity index (χ4n) is 4.03. The Morgan fingerprint density at radius 1 is 0.971 bits per heavy atom. The van der Waals surface area contributed by atoms with Crippen LogP contribution in [-0.2, 0) is 6.54 Å². The highest BCUT2D eigenvalue weighted by Gasteiger charge is 2.19. The van der Waals surface area contributed by atoms with E-state index in [1.807, 2.05) is 67.6 Å². The monoisotopic (exact) mass is 520 g/mol. The number of amides is 1. The highest BCUT2D eigenvalue weighted by Crippen LogP contribution is 2.28. The van der Waals surface area contributed by atoms with Gasteiger partial charge in [-0.05, 0) is 54.4 Å². The van der Waals surface area contributed by atoms with Crippen molar-refractivity contribution in [1.82, 2.24) is 10.3 Å². The molecule has 1 aliphatic rings. The Hall–Kier alpha value is -3.16. The summed E-state index contributed by atoms with van der Waals surface area (Å²) in [7, 11) is 1.72. The van der Waals surface area contributed by atoms with Gasteiger partial charge in [-0.2, -0.15) is 5.10 Å². The number of benzene rings is 3. The Kier molecular flexibility index (Phi) is 7.98. The summed E-state index contributed by atoms with van der Waals surface area (Å²) in [6, 6.07) is 23.8. The van der Waals surface area contributed by atoms with E-state index >= 15 is 0 Å². The second-order valence-corrected chi connectivity index (χ2v) is 9.20. The highest BCUT2D eigenvalue weighted by atomic mass is 79.9. The van der Waals surface area contributed by atoms with Crippen LogP contribution in [0.4, 0.5) is 5.69 Å². The van der Waals surface area contributed by atoms with Crippen molar-refractivity contribution in [2.75, 3.05) is 38.2 Å². The molecule has 176 valence electrons. The number of anilines is 1. The van der Waals surface area contributed by atoms with E-state index in [9.17, 15) is 4.79 Å². The molecule has 1 N–H and O–H groups in total. The van der Waals surface area contributed by atoms with E-state index in [4.69, 9.17) is 4.74 Å². The van der Waals surface area contributed by atoms with Crippen LogP contribution in [-0.4, -0.2) is 49.8 Å². The van der Waals surface area contributed by atoms with Crippen molar-refractivity contribution in [2.45, 2.75) is 13.5 Å². The fourth-order valence-corrected chi connectivity index (χ4v) is 4.43. The van der Waals surface area contributed by atoms with Crippen molar-refractivity contribution in [1.29, 1.82) is 0 Å². The SMILES string of the molecule is COc1ccccc1N1CCN(Cc2ccc(C(=O)N/N=C(/C)c3cccc(Br)c3)cc2)CC1. The third-order valence-electron chi connectivity index (χ3n) is 5.99. The van der Waals surface area contributed by atoms with Gasteiger partial charge in [0, 0.05) is 42.8 Å². The van der Waals surface area contributed by atoms with Crippen LogP contribution >= 0.6 is 15.9 Å². The summed E-state index contributed by atoms with van der Waals surface area (Å²) in [6.45, 7) is 6.60. The molecule has 0 radical (unpaired) electrons. The first-order chi connectivity index (χ1) is 16.5. The Balaban J connectivity index is 1.29.